The van der Waals surface area contributed by atoms with Crippen LogP contribution < -0.4 is 15.4 Å². The van der Waals surface area contributed by atoms with Crippen LogP contribution in [0.2, 0.25) is 0 Å². The average molecular weight is 315 g/mol. The number of amides is 3. The van der Waals surface area contributed by atoms with Crippen molar-refractivity contribution < 1.29 is 19.1 Å². The van der Waals surface area contributed by atoms with Gasteiger partial charge in [0.2, 0.25) is 11.8 Å². The first kappa shape index (κ1) is 14.2. The Morgan fingerprint density at radius 2 is 2.00 bits per heavy atom. The molecule has 3 aliphatic heterocycles. The number of carbonyl (C=O) groups excluding carboxylic acids is 3. The fourth-order valence-electron chi connectivity index (χ4n) is 3.15. The number of imide groups is 1. The van der Waals surface area contributed by atoms with Crippen LogP contribution in [-0.2, 0) is 16.1 Å². The van der Waals surface area contributed by atoms with Gasteiger partial charge in [-0.3, -0.25) is 19.7 Å². The molecule has 3 aliphatic rings. The second-order valence-electron chi connectivity index (χ2n) is 6.12. The number of carbonyl (C=O) groups is 3. The monoisotopic (exact) mass is 315 g/mol. The summed E-state index contributed by atoms with van der Waals surface area (Å²) in [5, 5.41) is 5.43. The summed E-state index contributed by atoms with van der Waals surface area (Å²) in [4.78, 5) is 37.4. The molecule has 2 saturated heterocycles. The first-order valence-corrected chi connectivity index (χ1v) is 7.77. The Balaban J connectivity index is 1.53. The van der Waals surface area contributed by atoms with Crippen molar-refractivity contribution in [2.75, 3.05) is 13.1 Å². The SMILES string of the molecule is O=C1CCC(N2Cc3ccc(OC4CNC4)cc3C2=O)C(=O)N1. The molecule has 1 aromatic carbocycles. The minimum absolute atomic E-state index is 0.149. The number of benzene rings is 1. The van der Waals surface area contributed by atoms with Gasteiger partial charge in [-0.2, -0.15) is 0 Å². The van der Waals surface area contributed by atoms with Crippen LogP contribution in [0.4, 0.5) is 0 Å². The zero-order valence-electron chi connectivity index (χ0n) is 12.5. The van der Waals surface area contributed by atoms with E-state index in [0.29, 0.717) is 24.3 Å². The van der Waals surface area contributed by atoms with E-state index in [-0.39, 0.29) is 30.2 Å². The summed E-state index contributed by atoms with van der Waals surface area (Å²) < 4.78 is 5.78. The summed E-state index contributed by atoms with van der Waals surface area (Å²) in [5.74, 6) is -0.167. The van der Waals surface area contributed by atoms with Gasteiger partial charge in [0.1, 0.15) is 17.9 Å². The third kappa shape index (κ3) is 2.46. The molecule has 0 radical (unpaired) electrons. The molecule has 0 bridgehead atoms. The normalized spacial score (nSPS) is 24.3. The predicted octanol–water partition coefficient (Wildman–Crippen LogP) is -0.202. The third-order valence-electron chi connectivity index (χ3n) is 4.55. The molecular formula is C16H17N3O4. The summed E-state index contributed by atoms with van der Waals surface area (Å²) in [6.07, 6.45) is 0.789. The van der Waals surface area contributed by atoms with Crippen LogP contribution in [0.25, 0.3) is 0 Å². The van der Waals surface area contributed by atoms with Crippen LogP contribution in [0.3, 0.4) is 0 Å². The van der Waals surface area contributed by atoms with Gasteiger partial charge in [0, 0.05) is 31.6 Å². The van der Waals surface area contributed by atoms with E-state index in [1.54, 1.807) is 11.0 Å². The quantitative estimate of drug-likeness (QED) is 0.754. The maximum Gasteiger partial charge on any atom is 0.255 e. The average Bonchev–Trinajstić information content (AvgIpc) is 2.80. The third-order valence-corrected chi connectivity index (χ3v) is 4.55. The largest absolute Gasteiger partial charge is 0.488 e. The predicted molar refractivity (Wildman–Crippen MR) is 79.8 cm³/mol. The molecule has 1 unspecified atom stereocenters. The molecule has 3 heterocycles. The second-order valence-corrected chi connectivity index (χ2v) is 6.12. The molecule has 7 nitrogen and oxygen atoms in total. The van der Waals surface area contributed by atoms with Gasteiger partial charge in [0.15, 0.2) is 0 Å². The van der Waals surface area contributed by atoms with Crippen LogP contribution in [-0.4, -0.2) is 47.9 Å². The molecule has 0 spiro atoms. The van der Waals surface area contributed by atoms with Gasteiger partial charge < -0.3 is 15.0 Å². The Kier molecular flexibility index (Phi) is 3.30. The zero-order valence-corrected chi connectivity index (χ0v) is 12.5. The first-order valence-electron chi connectivity index (χ1n) is 7.77. The lowest BCUT2D eigenvalue weighted by Crippen LogP contribution is -2.52. The number of piperidine rings is 1. The van der Waals surface area contributed by atoms with E-state index in [0.717, 1.165) is 18.7 Å². The van der Waals surface area contributed by atoms with Crippen LogP contribution in [0.5, 0.6) is 5.75 Å². The topological polar surface area (TPSA) is 87.7 Å². The minimum Gasteiger partial charge on any atom is -0.488 e. The van der Waals surface area contributed by atoms with Crippen LogP contribution in [0.1, 0.15) is 28.8 Å². The van der Waals surface area contributed by atoms with E-state index in [2.05, 4.69) is 10.6 Å². The molecule has 0 aliphatic carbocycles. The maximum absolute atomic E-state index is 12.6. The lowest BCUT2D eigenvalue weighted by molar-refractivity contribution is -0.136. The molecule has 0 aromatic heterocycles. The van der Waals surface area contributed by atoms with E-state index in [9.17, 15) is 14.4 Å². The number of rotatable bonds is 3. The Morgan fingerprint density at radius 3 is 2.70 bits per heavy atom. The zero-order chi connectivity index (χ0) is 16.0. The molecular weight excluding hydrogens is 298 g/mol. The standard InChI is InChI=1S/C16H17N3O4/c20-14-4-3-13(15(21)18-14)19-8-9-1-2-10(5-12(9)16(19)22)23-11-6-17-7-11/h1-2,5,11,13,17H,3-4,6-8H2,(H,18,20,21). The van der Waals surface area contributed by atoms with Gasteiger partial charge >= 0.3 is 0 Å². The van der Waals surface area contributed by atoms with Crippen molar-refractivity contribution in [3.63, 3.8) is 0 Å². The first-order chi connectivity index (χ1) is 11.1. The molecule has 23 heavy (non-hydrogen) atoms. The van der Waals surface area contributed by atoms with Crippen LogP contribution in [0, 0.1) is 0 Å². The molecule has 7 heteroatoms. The highest BCUT2D eigenvalue weighted by Crippen LogP contribution is 2.30. The highest BCUT2D eigenvalue weighted by Gasteiger charge is 2.39. The Morgan fingerprint density at radius 1 is 1.17 bits per heavy atom. The van der Waals surface area contributed by atoms with Crippen LogP contribution in [0.15, 0.2) is 18.2 Å². The van der Waals surface area contributed by atoms with Gasteiger partial charge in [-0.15, -0.1) is 0 Å². The second kappa shape index (κ2) is 5.34. The summed E-state index contributed by atoms with van der Waals surface area (Å²) in [6, 6.07) is 4.91. The van der Waals surface area contributed by atoms with E-state index < -0.39 is 6.04 Å². The molecule has 120 valence electrons. The van der Waals surface area contributed by atoms with Crippen molar-refractivity contribution in [3.05, 3.63) is 29.3 Å². The summed E-state index contributed by atoms with van der Waals surface area (Å²) in [6.45, 7) is 2.02. The summed E-state index contributed by atoms with van der Waals surface area (Å²) in [5.41, 5.74) is 1.47. The van der Waals surface area contributed by atoms with Crippen LogP contribution >= 0.6 is 0 Å². The Labute approximate surface area is 133 Å². The Bertz CT molecular complexity index is 699. The molecule has 3 amide bonds. The number of hydrogen-bond donors (Lipinski definition) is 2. The Hall–Kier alpha value is -2.41. The van der Waals surface area contributed by atoms with Crippen molar-refractivity contribution in [2.45, 2.75) is 31.5 Å². The van der Waals surface area contributed by atoms with Gasteiger partial charge in [-0.05, 0) is 24.1 Å². The smallest absolute Gasteiger partial charge is 0.255 e. The van der Waals surface area contributed by atoms with Crippen molar-refractivity contribution in [1.82, 2.24) is 15.5 Å². The van der Waals surface area contributed by atoms with E-state index >= 15 is 0 Å². The number of fused-ring (bicyclic) bond motifs is 1. The highest BCUT2D eigenvalue weighted by molar-refractivity contribution is 6.05. The van der Waals surface area contributed by atoms with Gasteiger partial charge in [-0.25, -0.2) is 0 Å². The maximum atomic E-state index is 12.6. The van der Waals surface area contributed by atoms with Crippen molar-refractivity contribution in [1.29, 1.82) is 0 Å². The van der Waals surface area contributed by atoms with Crippen molar-refractivity contribution in [3.8, 4) is 5.75 Å². The van der Waals surface area contributed by atoms with E-state index in [1.165, 1.54) is 0 Å². The minimum atomic E-state index is -0.576. The van der Waals surface area contributed by atoms with Gasteiger partial charge in [-0.1, -0.05) is 6.07 Å². The van der Waals surface area contributed by atoms with Gasteiger partial charge in [0.25, 0.3) is 5.91 Å². The number of nitrogens with zero attached hydrogens (tertiary/aromatic N) is 1. The number of hydrogen-bond acceptors (Lipinski definition) is 5. The molecule has 1 atom stereocenters. The highest BCUT2D eigenvalue weighted by atomic mass is 16.5. The fourth-order valence-corrected chi connectivity index (χ4v) is 3.15. The molecule has 2 fully saturated rings. The fraction of sp³-hybridized carbons (Fsp3) is 0.438. The molecule has 2 N–H and O–H groups in total. The van der Waals surface area contributed by atoms with Crippen molar-refractivity contribution in [2.24, 2.45) is 0 Å². The number of nitrogens with one attached hydrogen (secondary N) is 2. The summed E-state index contributed by atoms with van der Waals surface area (Å²) in [7, 11) is 0. The lowest BCUT2D eigenvalue weighted by atomic mass is 10.0. The lowest BCUT2D eigenvalue weighted by Gasteiger charge is -2.29. The van der Waals surface area contributed by atoms with Crippen molar-refractivity contribution >= 4 is 17.7 Å². The van der Waals surface area contributed by atoms with Gasteiger partial charge in [0.05, 0.1) is 0 Å². The molecule has 4 rings (SSSR count). The number of ether oxygens (including phenoxy) is 1. The molecule has 1 aromatic rings. The van der Waals surface area contributed by atoms with E-state index in [1.807, 2.05) is 12.1 Å². The summed E-state index contributed by atoms with van der Waals surface area (Å²) >= 11 is 0. The van der Waals surface area contributed by atoms with E-state index in [4.69, 9.17) is 4.74 Å². The molecule has 0 saturated carbocycles.